The van der Waals surface area contributed by atoms with Gasteiger partial charge in [0.05, 0.1) is 16.8 Å². The molecule has 9 heteroatoms. The smallest absolute Gasteiger partial charge is 0.419 e. The lowest BCUT2D eigenvalue weighted by atomic mass is 10.0. The topological polar surface area (TPSA) is 82.2 Å². The van der Waals surface area contributed by atoms with E-state index in [0.717, 1.165) is 6.07 Å². The maximum absolute atomic E-state index is 13.5. The fraction of sp³-hybridized carbons (Fsp3) is 0.100. The van der Waals surface area contributed by atoms with Crippen LogP contribution in [0.2, 0.25) is 0 Å². The van der Waals surface area contributed by atoms with Gasteiger partial charge in [0.25, 0.3) is 0 Å². The van der Waals surface area contributed by atoms with Crippen molar-refractivity contribution in [1.82, 2.24) is 9.97 Å². The van der Waals surface area contributed by atoms with Crippen molar-refractivity contribution in [3.63, 3.8) is 0 Å². The molecule has 0 saturated heterocycles. The second kappa shape index (κ2) is 7.67. The number of nitriles is 1. The zero-order chi connectivity index (χ0) is 21.2. The van der Waals surface area contributed by atoms with Crippen LogP contribution in [0.25, 0.3) is 11.3 Å². The molecular formula is C20H12F4N4O. The zero-order valence-corrected chi connectivity index (χ0v) is 14.9. The van der Waals surface area contributed by atoms with E-state index in [1.165, 1.54) is 18.5 Å². The quantitative estimate of drug-likeness (QED) is 0.498. The highest BCUT2D eigenvalue weighted by Gasteiger charge is 2.34. The minimum Gasteiger partial charge on any atom is -0.505 e. The lowest BCUT2D eigenvalue weighted by Crippen LogP contribution is -2.07. The van der Waals surface area contributed by atoms with Crippen molar-refractivity contribution in [3.05, 3.63) is 71.4 Å². The van der Waals surface area contributed by atoms with E-state index < -0.39 is 17.6 Å². The lowest BCUT2D eigenvalue weighted by molar-refractivity contribution is -0.139. The van der Waals surface area contributed by atoms with Gasteiger partial charge in [-0.2, -0.15) is 18.4 Å². The van der Waals surface area contributed by atoms with Gasteiger partial charge in [-0.15, -0.1) is 0 Å². The minimum atomic E-state index is -4.91. The Morgan fingerprint density at radius 1 is 1.10 bits per heavy atom. The SMILES string of the molecule is Cc1cc(-c2nccc(C(C#N)=Nc3ccc(F)c(C(F)(F)F)c3)c2O)ccn1. The van der Waals surface area contributed by atoms with Gasteiger partial charge in [-0.05, 0) is 43.3 Å². The van der Waals surface area contributed by atoms with Crippen LogP contribution in [0.1, 0.15) is 16.8 Å². The van der Waals surface area contributed by atoms with Gasteiger partial charge in [-0.3, -0.25) is 9.97 Å². The van der Waals surface area contributed by atoms with Crippen molar-refractivity contribution in [2.24, 2.45) is 4.99 Å². The number of benzene rings is 1. The summed E-state index contributed by atoms with van der Waals surface area (Å²) in [6.45, 7) is 1.75. The van der Waals surface area contributed by atoms with Crippen molar-refractivity contribution < 1.29 is 22.7 Å². The second-order valence-electron chi connectivity index (χ2n) is 5.98. The predicted octanol–water partition coefficient (Wildman–Crippen LogP) is 4.96. The van der Waals surface area contributed by atoms with Crippen LogP contribution in [-0.4, -0.2) is 20.8 Å². The van der Waals surface area contributed by atoms with Gasteiger partial charge in [0.1, 0.15) is 17.6 Å². The van der Waals surface area contributed by atoms with Crippen LogP contribution in [-0.2, 0) is 6.18 Å². The van der Waals surface area contributed by atoms with Crippen LogP contribution in [0.5, 0.6) is 5.75 Å². The first-order chi connectivity index (χ1) is 13.7. The van der Waals surface area contributed by atoms with E-state index >= 15 is 0 Å². The number of aromatic hydroxyl groups is 1. The molecule has 0 fully saturated rings. The molecule has 29 heavy (non-hydrogen) atoms. The molecule has 0 radical (unpaired) electrons. The molecule has 1 N–H and O–H groups in total. The maximum atomic E-state index is 13.5. The minimum absolute atomic E-state index is 0.0233. The van der Waals surface area contributed by atoms with Crippen molar-refractivity contribution >= 4 is 11.4 Å². The molecule has 3 aromatic rings. The third kappa shape index (κ3) is 4.21. The Morgan fingerprint density at radius 3 is 2.48 bits per heavy atom. The van der Waals surface area contributed by atoms with E-state index in [0.29, 0.717) is 23.4 Å². The Bertz CT molecular complexity index is 1150. The molecule has 2 aromatic heterocycles. The van der Waals surface area contributed by atoms with Gasteiger partial charge in [0.15, 0.2) is 11.5 Å². The van der Waals surface area contributed by atoms with E-state index in [4.69, 9.17) is 0 Å². The van der Waals surface area contributed by atoms with Crippen molar-refractivity contribution in [3.8, 4) is 23.1 Å². The van der Waals surface area contributed by atoms with Crippen molar-refractivity contribution in [2.45, 2.75) is 13.1 Å². The first kappa shape index (κ1) is 19.9. The summed E-state index contributed by atoms with van der Waals surface area (Å²) in [5.41, 5.74) is -0.784. The summed E-state index contributed by atoms with van der Waals surface area (Å²) in [4.78, 5) is 12.0. The van der Waals surface area contributed by atoms with Gasteiger partial charge in [-0.1, -0.05) is 0 Å². The van der Waals surface area contributed by atoms with Crippen LogP contribution in [0.4, 0.5) is 23.2 Å². The number of halogens is 4. The first-order valence-corrected chi connectivity index (χ1v) is 8.17. The van der Waals surface area contributed by atoms with Gasteiger partial charge in [-0.25, -0.2) is 9.38 Å². The number of aliphatic imine (C=N–C) groups is 1. The van der Waals surface area contributed by atoms with E-state index in [2.05, 4.69) is 15.0 Å². The highest BCUT2D eigenvalue weighted by Crippen LogP contribution is 2.35. The molecule has 2 heterocycles. The number of alkyl halides is 3. The third-order valence-electron chi connectivity index (χ3n) is 3.95. The normalized spacial score (nSPS) is 11.9. The Kier molecular flexibility index (Phi) is 5.28. The number of hydrogen-bond acceptors (Lipinski definition) is 5. The number of hydrogen-bond donors (Lipinski definition) is 1. The zero-order valence-electron chi connectivity index (χ0n) is 14.9. The monoisotopic (exact) mass is 400 g/mol. The number of aromatic nitrogens is 2. The summed E-state index contributed by atoms with van der Waals surface area (Å²) < 4.78 is 52.2. The number of rotatable bonds is 3. The average molecular weight is 400 g/mol. The largest absolute Gasteiger partial charge is 0.505 e. The third-order valence-corrected chi connectivity index (χ3v) is 3.95. The van der Waals surface area contributed by atoms with Crippen LogP contribution in [0.3, 0.4) is 0 Å². The molecule has 0 aliphatic heterocycles. The van der Waals surface area contributed by atoms with E-state index in [-0.39, 0.29) is 28.4 Å². The summed E-state index contributed by atoms with van der Waals surface area (Å²) in [6.07, 6.45) is -2.05. The van der Waals surface area contributed by atoms with Gasteiger partial charge in [0.2, 0.25) is 0 Å². The molecule has 0 saturated carbocycles. The summed E-state index contributed by atoms with van der Waals surface area (Å²) in [6, 6.07) is 8.46. The fourth-order valence-corrected chi connectivity index (χ4v) is 2.62. The molecule has 0 spiro atoms. The number of aryl methyl sites for hydroxylation is 1. The summed E-state index contributed by atoms with van der Waals surface area (Å²) in [5, 5.41) is 20.0. The molecule has 0 atom stereocenters. The van der Waals surface area contributed by atoms with Crippen molar-refractivity contribution in [1.29, 1.82) is 5.26 Å². The molecule has 0 bridgehead atoms. The molecular weight excluding hydrogens is 388 g/mol. The summed E-state index contributed by atoms with van der Waals surface area (Å²) in [7, 11) is 0. The second-order valence-corrected chi connectivity index (χ2v) is 5.98. The van der Waals surface area contributed by atoms with E-state index in [1.807, 2.05) is 0 Å². The molecule has 146 valence electrons. The Morgan fingerprint density at radius 2 is 1.83 bits per heavy atom. The van der Waals surface area contributed by atoms with E-state index in [9.17, 15) is 27.9 Å². The molecule has 0 unspecified atom stereocenters. The summed E-state index contributed by atoms with van der Waals surface area (Å²) >= 11 is 0. The standard InChI is InChI=1S/C20H12F4N4O/c1-11-8-12(4-6-26-11)18-19(29)14(5-7-27-18)17(10-25)28-13-2-3-16(21)15(9-13)20(22,23)24/h2-9,29H,1H3. The number of pyridine rings is 2. The Labute approximate surface area is 162 Å². The predicted molar refractivity (Wildman–Crippen MR) is 97.1 cm³/mol. The Balaban J connectivity index is 2.10. The first-order valence-electron chi connectivity index (χ1n) is 8.17. The van der Waals surface area contributed by atoms with Crippen LogP contribution in [0, 0.1) is 24.1 Å². The van der Waals surface area contributed by atoms with Gasteiger partial charge in [0, 0.05) is 23.7 Å². The lowest BCUT2D eigenvalue weighted by Gasteiger charge is -2.10. The van der Waals surface area contributed by atoms with Crippen LogP contribution in [0.15, 0.2) is 53.8 Å². The highest BCUT2D eigenvalue weighted by molar-refractivity contribution is 6.15. The number of nitrogens with zero attached hydrogens (tertiary/aromatic N) is 4. The molecule has 3 rings (SSSR count). The molecule has 5 nitrogen and oxygen atoms in total. The molecule has 0 aliphatic carbocycles. The van der Waals surface area contributed by atoms with Crippen LogP contribution < -0.4 is 0 Å². The highest BCUT2D eigenvalue weighted by atomic mass is 19.4. The molecule has 0 aliphatic rings. The molecule has 0 amide bonds. The van der Waals surface area contributed by atoms with Crippen molar-refractivity contribution in [2.75, 3.05) is 0 Å². The fourth-order valence-electron chi connectivity index (χ4n) is 2.62. The van der Waals surface area contributed by atoms with Gasteiger partial charge >= 0.3 is 6.18 Å². The van der Waals surface area contributed by atoms with Gasteiger partial charge < -0.3 is 5.11 Å². The molecule has 1 aromatic carbocycles. The van der Waals surface area contributed by atoms with Crippen LogP contribution >= 0.6 is 0 Å². The summed E-state index contributed by atoms with van der Waals surface area (Å²) in [5.74, 6) is -1.81. The van der Waals surface area contributed by atoms with E-state index in [1.54, 1.807) is 25.1 Å². The Hall–Kier alpha value is -3.80. The average Bonchev–Trinajstić information content (AvgIpc) is 2.67. The maximum Gasteiger partial charge on any atom is 0.419 e.